The van der Waals surface area contributed by atoms with Crippen molar-refractivity contribution < 1.29 is 17.9 Å². The zero-order valence-corrected chi connectivity index (χ0v) is 16.9. The van der Waals surface area contributed by atoms with Crippen LogP contribution < -0.4 is 10.1 Å². The number of nitrogens with zero attached hydrogens (tertiary/aromatic N) is 1. The van der Waals surface area contributed by atoms with Gasteiger partial charge in [-0.15, -0.1) is 0 Å². The van der Waals surface area contributed by atoms with Gasteiger partial charge in [0.05, 0.1) is 18.7 Å². The number of para-hydroxylation sites is 1. The molecule has 2 rings (SSSR count). The summed E-state index contributed by atoms with van der Waals surface area (Å²) in [6, 6.07) is 7.92. The molecule has 1 fully saturated rings. The molecule has 1 N–H and O–H groups in total. The second-order valence-electron chi connectivity index (χ2n) is 7.85. The third-order valence-electron chi connectivity index (χ3n) is 4.58. The van der Waals surface area contributed by atoms with E-state index in [2.05, 4.69) is 32.2 Å². The van der Waals surface area contributed by atoms with Crippen LogP contribution >= 0.6 is 0 Å². The second-order valence-corrected chi connectivity index (χ2v) is 9.83. The van der Waals surface area contributed by atoms with Crippen LogP contribution in [0.1, 0.15) is 39.2 Å². The van der Waals surface area contributed by atoms with Gasteiger partial charge in [-0.2, -0.15) is 0 Å². The van der Waals surface area contributed by atoms with Crippen molar-refractivity contribution in [2.24, 2.45) is 5.92 Å². The lowest BCUT2D eigenvalue weighted by Gasteiger charge is -2.30. The van der Waals surface area contributed by atoms with Crippen LogP contribution in [0.25, 0.3) is 0 Å². The fourth-order valence-electron chi connectivity index (χ4n) is 3.15. The van der Waals surface area contributed by atoms with Gasteiger partial charge in [-0.25, -0.2) is 12.7 Å². The number of carbonyl (C=O) groups is 1. The molecular formula is C19H30N2O4S. The summed E-state index contributed by atoms with van der Waals surface area (Å²) in [7, 11) is -3.24. The number of piperidine rings is 1. The Labute approximate surface area is 157 Å². The molecule has 1 amide bonds. The molecule has 1 aromatic carbocycles. The van der Waals surface area contributed by atoms with E-state index in [1.165, 1.54) is 10.6 Å². The van der Waals surface area contributed by atoms with Crippen molar-refractivity contribution in [3.8, 4) is 5.75 Å². The van der Waals surface area contributed by atoms with Crippen LogP contribution in [-0.2, 0) is 20.2 Å². The first-order valence-electron chi connectivity index (χ1n) is 9.04. The van der Waals surface area contributed by atoms with Gasteiger partial charge in [-0.05, 0) is 29.9 Å². The summed E-state index contributed by atoms with van der Waals surface area (Å²) in [5.74, 6) is 0.432. The maximum absolute atomic E-state index is 12.3. The van der Waals surface area contributed by atoms with E-state index in [4.69, 9.17) is 4.74 Å². The predicted molar refractivity (Wildman–Crippen MR) is 103 cm³/mol. The van der Waals surface area contributed by atoms with Gasteiger partial charge in [-0.1, -0.05) is 39.0 Å². The van der Waals surface area contributed by atoms with Gasteiger partial charge in [0.15, 0.2) is 0 Å². The third-order valence-corrected chi connectivity index (χ3v) is 5.85. The topological polar surface area (TPSA) is 75.7 Å². The summed E-state index contributed by atoms with van der Waals surface area (Å²) in [4.78, 5) is 12.3. The first kappa shape index (κ1) is 20.7. The normalized spacial score (nSPS) is 19.2. The smallest absolute Gasteiger partial charge is 0.224 e. The fraction of sp³-hybridized carbons (Fsp3) is 0.632. The van der Waals surface area contributed by atoms with E-state index in [0.717, 1.165) is 11.3 Å². The molecule has 0 bridgehead atoms. The molecule has 0 saturated carbocycles. The molecule has 26 heavy (non-hydrogen) atoms. The number of sulfonamides is 1. The highest BCUT2D eigenvalue weighted by atomic mass is 32.2. The van der Waals surface area contributed by atoms with Crippen molar-refractivity contribution in [1.29, 1.82) is 0 Å². The Morgan fingerprint density at radius 2 is 2.00 bits per heavy atom. The summed E-state index contributed by atoms with van der Waals surface area (Å²) < 4.78 is 30.6. The van der Waals surface area contributed by atoms with E-state index in [-0.39, 0.29) is 23.8 Å². The molecule has 1 saturated heterocycles. The fourth-order valence-corrected chi connectivity index (χ4v) is 4.06. The van der Waals surface area contributed by atoms with Gasteiger partial charge >= 0.3 is 0 Å². The summed E-state index contributed by atoms with van der Waals surface area (Å²) in [6.07, 6.45) is 2.61. The summed E-state index contributed by atoms with van der Waals surface area (Å²) in [5, 5.41) is 2.87. The summed E-state index contributed by atoms with van der Waals surface area (Å²) >= 11 is 0. The SMILES string of the molecule is CC(C)(C)c1ccccc1OCCNC(=O)[C@@H]1CCCN(S(C)(=O)=O)C1. The standard InChI is InChI=1S/C19H30N2O4S/c1-19(2,3)16-9-5-6-10-17(16)25-13-11-20-18(22)15-8-7-12-21(14-15)26(4,23)24/h5-6,9-10,15H,7-8,11-14H2,1-4H3,(H,20,22)/t15-/m1/s1. The Morgan fingerprint density at radius 3 is 2.65 bits per heavy atom. The molecule has 0 spiro atoms. The van der Waals surface area contributed by atoms with E-state index in [0.29, 0.717) is 32.5 Å². The van der Waals surface area contributed by atoms with E-state index < -0.39 is 10.0 Å². The zero-order chi connectivity index (χ0) is 19.4. The Bertz CT molecular complexity index is 725. The maximum atomic E-state index is 12.3. The number of benzene rings is 1. The van der Waals surface area contributed by atoms with Crippen molar-refractivity contribution in [3.05, 3.63) is 29.8 Å². The van der Waals surface area contributed by atoms with Crippen LogP contribution in [0, 0.1) is 5.92 Å². The lowest BCUT2D eigenvalue weighted by molar-refractivity contribution is -0.126. The number of nitrogens with one attached hydrogen (secondary N) is 1. The third kappa shape index (κ3) is 5.71. The van der Waals surface area contributed by atoms with E-state index in [9.17, 15) is 13.2 Å². The first-order valence-corrected chi connectivity index (χ1v) is 10.9. The molecule has 146 valence electrons. The van der Waals surface area contributed by atoms with Crippen LogP contribution in [-0.4, -0.2) is 51.1 Å². The van der Waals surface area contributed by atoms with Gasteiger partial charge in [0.1, 0.15) is 12.4 Å². The van der Waals surface area contributed by atoms with Crippen LogP contribution in [0.15, 0.2) is 24.3 Å². The van der Waals surface area contributed by atoms with Gasteiger partial charge in [0.25, 0.3) is 0 Å². The van der Waals surface area contributed by atoms with E-state index >= 15 is 0 Å². The summed E-state index contributed by atoms with van der Waals surface area (Å²) in [6.45, 7) is 7.93. The van der Waals surface area contributed by atoms with Crippen molar-refractivity contribution >= 4 is 15.9 Å². The molecule has 1 aliphatic heterocycles. The number of ether oxygens (including phenoxy) is 1. The molecule has 0 aliphatic carbocycles. The Morgan fingerprint density at radius 1 is 1.31 bits per heavy atom. The Balaban J connectivity index is 1.83. The largest absolute Gasteiger partial charge is 0.491 e. The number of carbonyl (C=O) groups excluding carboxylic acids is 1. The molecule has 0 unspecified atom stereocenters. The minimum absolute atomic E-state index is 0.0168. The molecule has 1 aliphatic rings. The predicted octanol–water partition coefficient (Wildman–Crippen LogP) is 2.15. The van der Waals surface area contributed by atoms with Crippen molar-refractivity contribution in [2.45, 2.75) is 39.0 Å². The van der Waals surface area contributed by atoms with Crippen molar-refractivity contribution in [3.63, 3.8) is 0 Å². The highest BCUT2D eigenvalue weighted by Crippen LogP contribution is 2.30. The van der Waals surface area contributed by atoms with E-state index in [1.807, 2.05) is 18.2 Å². The number of hydrogen-bond donors (Lipinski definition) is 1. The van der Waals surface area contributed by atoms with Gasteiger partial charge in [0, 0.05) is 13.1 Å². The quantitative estimate of drug-likeness (QED) is 0.765. The minimum atomic E-state index is -3.24. The van der Waals surface area contributed by atoms with Crippen molar-refractivity contribution in [2.75, 3.05) is 32.5 Å². The van der Waals surface area contributed by atoms with Gasteiger partial charge < -0.3 is 10.1 Å². The number of amides is 1. The van der Waals surface area contributed by atoms with Crippen LogP contribution in [0.5, 0.6) is 5.75 Å². The highest BCUT2D eigenvalue weighted by Gasteiger charge is 2.29. The number of rotatable bonds is 6. The van der Waals surface area contributed by atoms with E-state index in [1.54, 1.807) is 0 Å². The Kier molecular flexibility index (Phi) is 6.69. The molecule has 1 heterocycles. The summed E-state index contributed by atoms with van der Waals surface area (Å²) in [5.41, 5.74) is 1.11. The van der Waals surface area contributed by atoms with Crippen LogP contribution in [0.4, 0.5) is 0 Å². The lowest BCUT2D eigenvalue weighted by Crippen LogP contribution is -2.45. The molecule has 0 aromatic heterocycles. The maximum Gasteiger partial charge on any atom is 0.224 e. The van der Waals surface area contributed by atoms with Crippen molar-refractivity contribution in [1.82, 2.24) is 9.62 Å². The average Bonchev–Trinajstić information content (AvgIpc) is 2.57. The molecule has 1 atom stereocenters. The number of hydrogen-bond acceptors (Lipinski definition) is 4. The molecule has 7 heteroatoms. The molecule has 1 aromatic rings. The van der Waals surface area contributed by atoms with Gasteiger partial charge in [-0.3, -0.25) is 4.79 Å². The highest BCUT2D eigenvalue weighted by molar-refractivity contribution is 7.88. The molecule has 0 radical (unpaired) electrons. The Hall–Kier alpha value is -1.60. The van der Waals surface area contributed by atoms with Gasteiger partial charge in [0.2, 0.25) is 15.9 Å². The van der Waals surface area contributed by atoms with Crippen LogP contribution in [0.2, 0.25) is 0 Å². The molecule has 6 nitrogen and oxygen atoms in total. The molecular weight excluding hydrogens is 352 g/mol. The first-order chi connectivity index (χ1) is 12.1. The second kappa shape index (κ2) is 8.39. The minimum Gasteiger partial charge on any atom is -0.491 e. The monoisotopic (exact) mass is 382 g/mol. The zero-order valence-electron chi connectivity index (χ0n) is 16.1. The van der Waals surface area contributed by atoms with Crippen LogP contribution in [0.3, 0.4) is 0 Å². The average molecular weight is 383 g/mol. The lowest BCUT2D eigenvalue weighted by atomic mass is 9.86.